The Morgan fingerprint density at radius 1 is 1.19 bits per heavy atom. The van der Waals surface area contributed by atoms with Gasteiger partial charge in [0.1, 0.15) is 41.6 Å². The molecule has 0 radical (unpaired) electrons. The number of fused-ring (bicyclic) bond motifs is 3. The molecule has 3 aromatic heterocycles. The normalized spacial score (nSPS) is 26.5. The zero-order valence-corrected chi connectivity index (χ0v) is 21.2. The maximum atomic E-state index is 14.9. The highest BCUT2D eigenvalue weighted by Gasteiger charge is 2.61. The van der Waals surface area contributed by atoms with Crippen LogP contribution >= 0.6 is 11.6 Å². The monoisotopic (exact) mass is 520 g/mol. The van der Waals surface area contributed by atoms with Crippen molar-refractivity contribution in [1.82, 2.24) is 19.5 Å². The maximum absolute atomic E-state index is 14.9. The number of hydrogen-bond donors (Lipinski definition) is 2. The standard InChI is InChI=1S/C27H26ClFN6O2/c1-4-27(7-5-14-9-18(29)16-11-17(28)24(31)34-19(16)10-14)12-20(21-22(27)37-26(2,3)36-21)35-8-6-15-23(30)32-13-33-25(15)35/h1,6,8-11,13,20-22H,5,7,12H2,2-3H3,(H2,31,34)(H2,30,32,33)/t20-,21+,22+,27+/m1/s1. The number of nitrogens with zero attached hydrogens (tertiary/aromatic N) is 4. The first-order chi connectivity index (χ1) is 17.6. The van der Waals surface area contributed by atoms with Crippen LogP contribution in [0.2, 0.25) is 5.02 Å². The minimum absolute atomic E-state index is 0.133. The molecule has 1 saturated carbocycles. The first kappa shape index (κ1) is 23.9. The molecule has 2 aliphatic rings. The van der Waals surface area contributed by atoms with E-state index in [0.717, 1.165) is 16.6 Å². The number of ether oxygens (including phenoxy) is 2. The Morgan fingerprint density at radius 3 is 2.78 bits per heavy atom. The summed E-state index contributed by atoms with van der Waals surface area (Å²) < 4.78 is 29.8. The number of halogens is 2. The van der Waals surface area contributed by atoms with Gasteiger partial charge in [-0.1, -0.05) is 17.5 Å². The third-order valence-electron chi connectivity index (χ3n) is 7.60. The van der Waals surface area contributed by atoms with E-state index in [2.05, 4.69) is 25.4 Å². The van der Waals surface area contributed by atoms with Gasteiger partial charge in [0.2, 0.25) is 0 Å². The van der Waals surface area contributed by atoms with E-state index >= 15 is 0 Å². The zero-order valence-electron chi connectivity index (χ0n) is 20.4. The quantitative estimate of drug-likeness (QED) is 0.376. The molecule has 0 amide bonds. The molecular weight excluding hydrogens is 495 g/mol. The van der Waals surface area contributed by atoms with Crippen molar-refractivity contribution in [2.45, 2.75) is 57.1 Å². The topological polar surface area (TPSA) is 114 Å². The van der Waals surface area contributed by atoms with Crippen LogP contribution < -0.4 is 11.5 Å². The van der Waals surface area contributed by atoms with Gasteiger partial charge in [-0.15, -0.1) is 6.42 Å². The third-order valence-corrected chi connectivity index (χ3v) is 7.90. The number of pyridine rings is 1. The van der Waals surface area contributed by atoms with Gasteiger partial charge in [-0.05, 0) is 62.9 Å². The van der Waals surface area contributed by atoms with E-state index in [1.54, 1.807) is 0 Å². The number of benzene rings is 1. The maximum Gasteiger partial charge on any atom is 0.163 e. The second kappa shape index (κ2) is 8.28. The van der Waals surface area contributed by atoms with E-state index in [0.29, 0.717) is 36.0 Å². The SMILES string of the molecule is C#C[C@]1(CCc2cc(F)c3cc(Cl)c(N)nc3c2)C[C@@H](n2ccc3c(N)ncnc32)[C@@H]2OC(C)(C)O[C@@H]21. The summed E-state index contributed by atoms with van der Waals surface area (Å²) in [7, 11) is 0. The van der Waals surface area contributed by atoms with E-state index in [9.17, 15) is 4.39 Å². The predicted molar refractivity (Wildman–Crippen MR) is 140 cm³/mol. The predicted octanol–water partition coefficient (Wildman–Crippen LogP) is 4.65. The van der Waals surface area contributed by atoms with E-state index in [1.807, 2.05) is 32.2 Å². The number of aromatic nitrogens is 4. The lowest BCUT2D eigenvalue weighted by molar-refractivity contribution is -0.165. The summed E-state index contributed by atoms with van der Waals surface area (Å²) in [6.45, 7) is 3.77. The highest BCUT2D eigenvalue weighted by Crippen LogP contribution is 2.55. The van der Waals surface area contributed by atoms with Gasteiger partial charge in [0.25, 0.3) is 0 Å². The van der Waals surface area contributed by atoms with Gasteiger partial charge >= 0.3 is 0 Å². The van der Waals surface area contributed by atoms with Gasteiger partial charge in [0.05, 0.1) is 27.4 Å². The molecule has 190 valence electrons. The van der Waals surface area contributed by atoms with Crippen molar-refractivity contribution in [3.8, 4) is 12.3 Å². The van der Waals surface area contributed by atoms with Gasteiger partial charge < -0.3 is 25.5 Å². The average molecular weight is 521 g/mol. The lowest BCUT2D eigenvalue weighted by Gasteiger charge is -2.31. The Kier molecular flexibility index (Phi) is 5.35. The highest BCUT2D eigenvalue weighted by atomic mass is 35.5. The molecule has 4 heterocycles. The molecule has 6 rings (SSSR count). The molecule has 0 unspecified atom stereocenters. The molecule has 0 spiro atoms. The van der Waals surface area contributed by atoms with Crippen molar-refractivity contribution in [2.24, 2.45) is 5.41 Å². The second-order valence-electron chi connectivity index (χ2n) is 10.3. The molecule has 10 heteroatoms. The molecule has 4 N–H and O–H groups in total. The van der Waals surface area contributed by atoms with Crippen LogP contribution in [0.1, 0.15) is 38.3 Å². The van der Waals surface area contributed by atoms with Crippen LogP contribution in [0, 0.1) is 23.6 Å². The lowest BCUT2D eigenvalue weighted by atomic mass is 9.79. The third kappa shape index (κ3) is 3.79. The molecular formula is C27H26ClFN6O2. The number of nitrogen functional groups attached to an aromatic ring is 2. The Labute approximate surface area is 218 Å². The fraction of sp³-hybridized carbons (Fsp3) is 0.370. The van der Waals surface area contributed by atoms with E-state index in [1.165, 1.54) is 18.5 Å². The van der Waals surface area contributed by atoms with Gasteiger partial charge in [0.15, 0.2) is 5.79 Å². The van der Waals surface area contributed by atoms with Crippen LogP contribution in [0.3, 0.4) is 0 Å². The Hall–Kier alpha value is -3.45. The van der Waals surface area contributed by atoms with Crippen molar-refractivity contribution < 1.29 is 13.9 Å². The van der Waals surface area contributed by atoms with Crippen LogP contribution in [-0.4, -0.2) is 37.5 Å². The molecule has 2 fully saturated rings. The first-order valence-electron chi connectivity index (χ1n) is 12.1. The minimum atomic E-state index is -0.803. The summed E-state index contributed by atoms with van der Waals surface area (Å²) in [5.74, 6) is 2.42. The molecule has 8 nitrogen and oxygen atoms in total. The summed E-state index contributed by atoms with van der Waals surface area (Å²) in [6, 6.07) is 6.59. The van der Waals surface area contributed by atoms with Crippen LogP contribution in [0.25, 0.3) is 21.9 Å². The van der Waals surface area contributed by atoms with Gasteiger partial charge in [-0.25, -0.2) is 19.3 Å². The summed E-state index contributed by atoms with van der Waals surface area (Å²) in [4.78, 5) is 12.8. The first-order valence-corrected chi connectivity index (χ1v) is 12.4. The van der Waals surface area contributed by atoms with Gasteiger partial charge in [-0.3, -0.25) is 0 Å². The lowest BCUT2D eigenvalue weighted by Crippen LogP contribution is -2.35. The van der Waals surface area contributed by atoms with Crippen molar-refractivity contribution in [3.05, 3.63) is 53.2 Å². The van der Waals surface area contributed by atoms with Crippen molar-refractivity contribution in [2.75, 3.05) is 11.5 Å². The molecule has 37 heavy (non-hydrogen) atoms. The molecule has 4 atom stereocenters. The Morgan fingerprint density at radius 2 is 2.00 bits per heavy atom. The van der Waals surface area contributed by atoms with Crippen LogP contribution in [0.15, 0.2) is 36.8 Å². The molecule has 1 aliphatic heterocycles. The van der Waals surface area contributed by atoms with Gasteiger partial charge in [-0.2, -0.15) is 0 Å². The molecule has 1 aromatic carbocycles. The number of aryl methyl sites for hydroxylation is 1. The summed E-state index contributed by atoms with van der Waals surface area (Å²) in [6.07, 6.45) is 10.6. The Bertz CT molecular complexity index is 1600. The molecule has 1 aliphatic carbocycles. The zero-order chi connectivity index (χ0) is 26.1. The fourth-order valence-electron chi connectivity index (χ4n) is 5.86. The summed E-state index contributed by atoms with van der Waals surface area (Å²) in [5, 5.41) is 1.32. The Balaban J connectivity index is 1.36. The summed E-state index contributed by atoms with van der Waals surface area (Å²) >= 11 is 6.04. The van der Waals surface area contributed by atoms with Crippen molar-refractivity contribution >= 4 is 45.2 Å². The van der Waals surface area contributed by atoms with Crippen LogP contribution in [0.4, 0.5) is 16.0 Å². The second-order valence-corrected chi connectivity index (χ2v) is 10.7. The molecule has 4 aromatic rings. The number of hydrogen-bond acceptors (Lipinski definition) is 7. The highest BCUT2D eigenvalue weighted by molar-refractivity contribution is 6.33. The number of terminal acetylenes is 1. The van der Waals surface area contributed by atoms with Gasteiger partial charge in [0, 0.05) is 11.6 Å². The van der Waals surface area contributed by atoms with Crippen LogP contribution in [0.5, 0.6) is 0 Å². The minimum Gasteiger partial charge on any atom is -0.383 e. The molecule has 0 bridgehead atoms. The number of nitrogens with two attached hydrogens (primary N) is 2. The smallest absolute Gasteiger partial charge is 0.163 e. The number of rotatable bonds is 4. The average Bonchev–Trinajstić information content (AvgIpc) is 3.50. The number of anilines is 2. The molecule has 1 saturated heterocycles. The van der Waals surface area contributed by atoms with E-state index < -0.39 is 17.0 Å². The van der Waals surface area contributed by atoms with E-state index in [-0.39, 0.29) is 29.1 Å². The van der Waals surface area contributed by atoms with Crippen molar-refractivity contribution in [1.29, 1.82) is 0 Å². The van der Waals surface area contributed by atoms with Crippen molar-refractivity contribution in [3.63, 3.8) is 0 Å². The van der Waals surface area contributed by atoms with E-state index in [4.69, 9.17) is 39.0 Å². The summed E-state index contributed by atoms with van der Waals surface area (Å²) in [5.41, 5.74) is 13.2. The largest absolute Gasteiger partial charge is 0.383 e. The van der Waals surface area contributed by atoms with Crippen LogP contribution in [-0.2, 0) is 15.9 Å². The fourth-order valence-corrected chi connectivity index (χ4v) is 6.02.